The summed E-state index contributed by atoms with van der Waals surface area (Å²) in [6.07, 6.45) is 45.3. The quantitative estimate of drug-likeness (QED) is 0.0169. The third-order valence-corrected chi connectivity index (χ3v) is 17.5. The zero-order valence-corrected chi connectivity index (χ0v) is 58.5. The van der Waals surface area contributed by atoms with Crippen molar-refractivity contribution in [3.63, 3.8) is 0 Å². The van der Waals surface area contributed by atoms with Crippen LogP contribution in [0.5, 0.6) is 0 Å². The first kappa shape index (κ1) is 85.5. The molecule has 0 saturated heterocycles. The second-order valence-electron chi connectivity index (χ2n) is 25.4. The minimum Gasteiger partial charge on any atom is -0.462 e. The summed E-state index contributed by atoms with van der Waals surface area (Å²) in [6, 6.07) is 0. The molecule has 17 nitrogen and oxygen atoms in total. The predicted octanol–water partition coefficient (Wildman–Crippen LogP) is 19.0. The summed E-state index contributed by atoms with van der Waals surface area (Å²) >= 11 is 0. The Balaban J connectivity index is 5.29. The molecule has 19 heteroatoms. The maximum absolute atomic E-state index is 13.0. The zero-order chi connectivity index (χ0) is 65.2. The lowest BCUT2D eigenvalue weighted by atomic mass is 10.00. The number of ether oxygens (including phenoxy) is 4. The molecule has 0 spiro atoms. The van der Waals surface area contributed by atoms with Crippen LogP contribution in [0.1, 0.15) is 318 Å². The second-order valence-corrected chi connectivity index (χ2v) is 28.3. The molecule has 0 aromatic carbocycles. The Morgan fingerprint density at radius 3 is 1.01 bits per heavy atom. The number of esters is 4. The van der Waals surface area contributed by atoms with Crippen molar-refractivity contribution < 1.29 is 80.2 Å². The van der Waals surface area contributed by atoms with Gasteiger partial charge in [-0.1, -0.05) is 265 Å². The van der Waals surface area contributed by atoms with Crippen molar-refractivity contribution in [1.29, 1.82) is 0 Å². The number of hydrogen-bond acceptors (Lipinski definition) is 15. The highest BCUT2D eigenvalue weighted by Crippen LogP contribution is 2.45. The number of aliphatic hydroxyl groups excluding tert-OH is 1. The lowest BCUT2D eigenvalue weighted by Crippen LogP contribution is -2.30. The van der Waals surface area contributed by atoms with Crippen molar-refractivity contribution in [3.8, 4) is 0 Å². The number of carbonyl (C=O) groups excluding carboxylic acids is 4. The van der Waals surface area contributed by atoms with E-state index in [1.54, 1.807) is 0 Å². The maximum Gasteiger partial charge on any atom is 0.472 e. The van der Waals surface area contributed by atoms with Gasteiger partial charge in [-0.3, -0.25) is 37.3 Å². The summed E-state index contributed by atoms with van der Waals surface area (Å²) in [5.41, 5.74) is 0. The molecule has 0 aromatic rings. The maximum atomic E-state index is 13.0. The van der Waals surface area contributed by atoms with Crippen LogP contribution in [0.2, 0.25) is 0 Å². The van der Waals surface area contributed by atoms with E-state index >= 15 is 0 Å². The normalized spacial score (nSPS) is 14.7. The van der Waals surface area contributed by atoms with Gasteiger partial charge in [0.05, 0.1) is 26.4 Å². The number of carbonyl (C=O) groups is 4. The molecule has 88 heavy (non-hydrogen) atoms. The fraction of sp³-hybridized carbons (Fsp3) is 0.884. The first-order chi connectivity index (χ1) is 42.3. The SMILES string of the molecule is CCCCCC/C=C\C=C/CCCCCCCC(=O)O[C@H](COC(=O)CCCCCCCCC(C)CC)COP(=O)(O)OC[C@H](O)COP(=O)(O)OC[C@@H](COC(=O)CCCCCCCCCCCC(C)C)OC(=O)CCCCCCCCCCC(C)C. The molecule has 0 saturated carbocycles. The minimum absolute atomic E-state index is 0.0835. The van der Waals surface area contributed by atoms with E-state index in [0.717, 1.165) is 121 Å². The van der Waals surface area contributed by atoms with Crippen LogP contribution in [0.3, 0.4) is 0 Å². The lowest BCUT2D eigenvalue weighted by Gasteiger charge is -2.21. The lowest BCUT2D eigenvalue weighted by molar-refractivity contribution is -0.161. The zero-order valence-electron chi connectivity index (χ0n) is 56.7. The number of unbranched alkanes of at least 4 members (excludes halogenated alkanes) is 29. The number of allylic oxidation sites excluding steroid dienone is 4. The predicted molar refractivity (Wildman–Crippen MR) is 354 cm³/mol. The average molecular weight is 1290 g/mol. The topological polar surface area (TPSA) is 237 Å². The van der Waals surface area contributed by atoms with Crippen molar-refractivity contribution >= 4 is 39.5 Å². The molecule has 6 atom stereocenters. The van der Waals surface area contributed by atoms with Gasteiger partial charge in [0.2, 0.25) is 0 Å². The summed E-state index contributed by atoms with van der Waals surface area (Å²) in [5, 5.41) is 10.6. The van der Waals surface area contributed by atoms with E-state index < -0.39 is 97.5 Å². The highest BCUT2D eigenvalue weighted by Gasteiger charge is 2.30. The number of hydrogen-bond donors (Lipinski definition) is 3. The average Bonchev–Trinajstić information content (AvgIpc) is 3.69. The molecule has 0 bridgehead atoms. The van der Waals surface area contributed by atoms with Crippen molar-refractivity contribution in [1.82, 2.24) is 0 Å². The summed E-state index contributed by atoms with van der Waals surface area (Å²) in [4.78, 5) is 72.4. The van der Waals surface area contributed by atoms with Crippen molar-refractivity contribution in [2.45, 2.75) is 336 Å². The molecule has 0 aliphatic rings. The Morgan fingerprint density at radius 1 is 0.375 bits per heavy atom. The Bertz CT molecular complexity index is 1830. The monoisotopic (exact) mass is 1290 g/mol. The Morgan fingerprint density at radius 2 is 0.670 bits per heavy atom. The number of aliphatic hydroxyl groups is 1. The van der Waals surface area contributed by atoms with Crippen molar-refractivity contribution in [2.75, 3.05) is 39.6 Å². The highest BCUT2D eigenvalue weighted by molar-refractivity contribution is 7.47. The van der Waals surface area contributed by atoms with Crippen LogP contribution in [0.25, 0.3) is 0 Å². The van der Waals surface area contributed by atoms with Crippen molar-refractivity contribution in [2.24, 2.45) is 17.8 Å². The van der Waals surface area contributed by atoms with Gasteiger partial charge in [0, 0.05) is 25.7 Å². The van der Waals surface area contributed by atoms with Gasteiger partial charge in [-0.25, -0.2) is 9.13 Å². The van der Waals surface area contributed by atoms with Gasteiger partial charge in [-0.2, -0.15) is 0 Å². The fourth-order valence-corrected chi connectivity index (χ4v) is 11.4. The van der Waals surface area contributed by atoms with E-state index in [1.165, 1.54) is 109 Å². The molecule has 3 unspecified atom stereocenters. The number of phosphoric acid groups is 2. The second kappa shape index (κ2) is 59.5. The van der Waals surface area contributed by atoms with E-state index in [0.29, 0.717) is 31.6 Å². The van der Waals surface area contributed by atoms with Gasteiger partial charge in [0.1, 0.15) is 19.3 Å². The van der Waals surface area contributed by atoms with Gasteiger partial charge in [0.15, 0.2) is 12.2 Å². The molecule has 3 N–H and O–H groups in total. The molecule has 0 rings (SSSR count). The first-order valence-electron chi connectivity index (χ1n) is 35.2. The van der Waals surface area contributed by atoms with Crippen LogP contribution in [-0.2, 0) is 65.4 Å². The standard InChI is InChI=1S/C69H130O17P2/c1-8-10-11-12-13-14-15-16-17-18-19-22-29-38-45-52-68(73)85-65(57-80-67(72)51-44-37-32-31-35-42-49-62(7)9-2)59-84-88(77,78)82-55-63(70)54-81-87(75,76)83-58-64(86-69(74)53-46-39-30-25-24-27-34-41-48-61(5)6)56-79-66(71)50-43-36-28-23-20-21-26-33-40-47-60(3)4/h14-17,60-65,70H,8-13,18-59H2,1-7H3,(H,75,76)(H,77,78)/b15-14-,17-16-/t62?,63-,64-,65-/m1/s1. The van der Waals surface area contributed by atoms with Crippen LogP contribution >= 0.6 is 15.6 Å². The molecule has 0 aliphatic carbocycles. The Kier molecular flexibility index (Phi) is 57.9. The number of rotatable bonds is 65. The summed E-state index contributed by atoms with van der Waals surface area (Å²) in [7, 11) is -9.91. The van der Waals surface area contributed by atoms with Crippen LogP contribution < -0.4 is 0 Å². The third kappa shape index (κ3) is 61.1. The van der Waals surface area contributed by atoms with Crippen molar-refractivity contribution in [3.05, 3.63) is 24.3 Å². The minimum atomic E-state index is -4.96. The molecule has 518 valence electrons. The van der Waals surface area contributed by atoms with Crippen LogP contribution in [-0.4, -0.2) is 96.7 Å². The largest absolute Gasteiger partial charge is 0.472 e. The van der Waals surface area contributed by atoms with Gasteiger partial charge < -0.3 is 33.8 Å². The number of phosphoric ester groups is 2. The van der Waals surface area contributed by atoms with E-state index in [1.807, 2.05) is 0 Å². The van der Waals surface area contributed by atoms with E-state index in [4.69, 9.17) is 37.0 Å². The Labute approximate surface area is 535 Å². The summed E-state index contributed by atoms with van der Waals surface area (Å²) in [6.45, 7) is 11.7. The highest BCUT2D eigenvalue weighted by atomic mass is 31.2. The molecule has 0 amide bonds. The molecular weight excluding hydrogens is 1160 g/mol. The van der Waals surface area contributed by atoms with Crippen LogP contribution in [0, 0.1) is 17.8 Å². The van der Waals surface area contributed by atoms with Gasteiger partial charge in [0.25, 0.3) is 0 Å². The van der Waals surface area contributed by atoms with E-state index in [9.17, 15) is 43.2 Å². The molecule has 0 fully saturated rings. The molecule has 0 aromatic heterocycles. The van der Waals surface area contributed by atoms with E-state index in [-0.39, 0.29) is 25.7 Å². The fourth-order valence-electron chi connectivity index (χ4n) is 9.79. The molecule has 0 aliphatic heterocycles. The third-order valence-electron chi connectivity index (χ3n) is 15.6. The summed E-state index contributed by atoms with van der Waals surface area (Å²) < 4.78 is 68.2. The first-order valence-corrected chi connectivity index (χ1v) is 38.2. The molecule has 0 radical (unpaired) electrons. The molecular formula is C69H130O17P2. The van der Waals surface area contributed by atoms with Crippen LogP contribution in [0.15, 0.2) is 24.3 Å². The van der Waals surface area contributed by atoms with Crippen LogP contribution in [0.4, 0.5) is 0 Å². The van der Waals surface area contributed by atoms with Gasteiger partial charge in [-0.05, 0) is 69.1 Å². The van der Waals surface area contributed by atoms with Gasteiger partial charge >= 0.3 is 39.5 Å². The smallest absolute Gasteiger partial charge is 0.462 e. The van der Waals surface area contributed by atoms with E-state index in [2.05, 4.69) is 72.8 Å². The summed E-state index contributed by atoms with van der Waals surface area (Å²) in [5.74, 6) is 0.0245. The Hall–Kier alpha value is -2.46. The molecule has 0 heterocycles. The van der Waals surface area contributed by atoms with Gasteiger partial charge in [-0.15, -0.1) is 0 Å².